The summed E-state index contributed by atoms with van der Waals surface area (Å²) >= 11 is 0. The Morgan fingerprint density at radius 3 is 2.81 bits per heavy atom. The first-order chi connectivity index (χ1) is 7.68. The van der Waals surface area contributed by atoms with Crippen molar-refractivity contribution in [1.82, 2.24) is 4.98 Å². The van der Waals surface area contributed by atoms with Gasteiger partial charge in [0, 0.05) is 35.8 Å². The highest BCUT2D eigenvalue weighted by atomic mass is 16.6. The van der Waals surface area contributed by atoms with Gasteiger partial charge in [-0.2, -0.15) is 0 Å². The van der Waals surface area contributed by atoms with Crippen LogP contribution in [-0.2, 0) is 0 Å². The van der Waals surface area contributed by atoms with E-state index >= 15 is 0 Å². The number of non-ortho nitro benzene ring substituents is 1. The Labute approximate surface area is 91.7 Å². The second kappa shape index (κ2) is 3.98. The lowest BCUT2D eigenvalue weighted by Gasteiger charge is -2.04. The zero-order valence-corrected chi connectivity index (χ0v) is 8.33. The van der Waals surface area contributed by atoms with E-state index in [1.807, 2.05) is 0 Å². The van der Waals surface area contributed by atoms with Crippen LogP contribution >= 0.6 is 0 Å². The van der Waals surface area contributed by atoms with Crippen molar-refractivity contribution in [3.63, 3.8) is 0 Å². The van der Waals surface area contributed by atoms with Gasteiger partial charge in [-0.1, -0.05) is 12.1 Å². The van der Waals surface area contributed by atoms with Gasteiger partial charge in [0.05, 0.1) is 4.92 Å². The summed E-state index contributed by atoms with van der Waals surface area (Å²) < 4.78 is 0. The number of nitro benzene ring substituents is 1. The van der Waals surface area contributed by atoms with Crippen LogP contribution in [0.2, 0.25) is 0 Å². The van der Waals surface area contributed by atoms with Gasteiger partial charge in [0.2, 0.25) is 0 Å². The molecule has 0 aliphatic rings. The van der Waals surface area contributed by atoms with Gasteiger partial charge in [0.15, 0.2) is 0 Å². The van der Waals surface area contributed by atoms with Crippen molar-refractivity contribution in [2.45, 2.75) is 0 Å². The maximum absolute atomic E-state index is 10.6. The van der Waals surface area contributed by atoms with Crippen LogP contribution < -0.4 is 5.73 Å². The van der Waals surface area contributed by atoms with Crippen molar-refractivity contribution in [2.24, 2.45) is 0 Å². The van der Waals surface area contributed by atoms with E-state index in [0.717, 1.165) is 0 Å². The molecule has 0 unspecified atom stereocenters. The highest BCUT2D eigenvalue weighted by Gasteiger charge is 2.08. The van der Waals surface area contributed by atoms with E-state index in [9.17, 15) is 10.1 Å². The summed E-state index contributed by atoms with van der Waals surface area (Å²) in [7, 11) is 0. The molecule has 0 aliphatic heterocycles. The normalized spacial score (nSPS) is 10.0. The Bertz CT molecular complexity index is 540. The summed E-state index contributed by atoms with van der Waals surface area (Å²) in [6.45, 7) is 0. The highest BCUT2D eigenvalue weighted by Crippen LogP contribution is 2.27. The van der Waals surface area contributed by atoms with Crippen LogP contribution in [-0.4, -0.2) is 9.91 Å². The first-order valence-corrected chi connectivity index (χ1v) is 4.63. The number of aromatic nitrogens is 1. The number of hydrogen-bond donors (Lipinski definition) is 1. The number of nitrogens with two attached hydrogens (primary N) is 1. The van der Waals surface area contributed by atoms with Crippen LogP contribution in [0.25, 0.3) is 11.1 Å². The van der Waals surface area contributed by atoms with Gasteiger partial charge in [-0.3, -0.25) is 15.1 Å². The molecule has 0 atom stereocenters. The summed E-state index contributed by atoms with van der Waals surface area (Å²) in [5.41, 5.74) is 7.76. The Kier molecular flexibility index (Phi) is 2.51. The molecule has 0 radical (unpaired) electrons. The molecule has 0 spiro atoms. The molecule has 0 saturated heterocycles. The molecule has 0 bridgehead atoms. The third-order valence-corrected chi connectivity index (χ3v) is 2.22. The third-order valence-electron chi connectivity index (χ3n) is 2.22. The maximum atomic E-state index is 10.6. The standard InChI is InChI=1S/C11H9N3O2/c12-11-4-5-13-7-10(11)8-2-1-3-9(6-8)14(15)16/h1-7H,(H2,12,13). The Balaban J connectivity index is 2.53. The minimum atomic E-state index is -0.434. The van der Waals surface area contributed by atoms with Gasteiger partial charge in [0.25, 0.3) is 5.69 Å². The van der Waals surface area contributed by atoms with Gasteiger partial charge in [-0.15, -0.1) is 0 Å². The van der Waals surface area contributed by atoms with Crippen LogP contribution in [0.4, 0.5) is 11.4 Å². The van der Waals surface area contributed by atoms with Gasteiger partial charge >= 0.3 is 0 Å². The van der Waals surface area contributed by atoms with Gasteiger partial charge in [-0.25, -0.2) is 0 Å². The van der Waals surface area contributed by atoms with Gasteiger partial charge < -0.3 is 5.73 Å². The first kappa shape index (κ1) is 10.1. The molecular weight excluding hydrogens is 206 g/mol. The summed E-state index contributed by atoms with van der Waals surface area (Å²) in [4.78, 5) is 14.1. The second-order valence-corrected chi connectivity index (χ2v) is 3.27. The lowest BCUT2D eigenvalue weighted by Crippen LogP contribution is -1.92. The molecule has 1 heterocycles. The van der Waals surface area contributed by atoms with E-state index in [4.69, 9.17) is 5.73 Å². The van der Waals surface area contributed by atoms with Crippen molar-refractivity contribution < 1.29 is 4.92 Å². The fourth-order valence-corrected chi connectivity index (χ4v) is 1.43. The van der Waals surface area contributed by atoms with Crippen molar-refractivity contribution in [3.05, 3.63) is 52.8 Å². The molecular formula is C11H9N3O2. The number of nitrogens with zero attached hydrogens (tertiary/aromatic N) is 2. The number of nitro groups is 1. The molecule has 2 N–H and O–H groups in total. The SMILES string of the molecule is Nc1ccncc1-c1cccc([N+](=O)[O-])c1. The minimum Gasteiger partial charge on any atom is -0.398 e. The highest BCUT2D eigenvalue weighted by molar-refractivity contribution is 5.76. The smallest absolute Gasteiger partial charge is 0.270 e. The molecule has 0 fully saturated rings. The van der Waals surface area contributed by atoms with Gasteiger partial charge in [0.1, 0.15) is 0 Å². The van der Waals surface area contributed by atoms with Crippen LogP contribution in [0, 0.1) is 10.1 Å². The second-order valence-electron chi connectivity index (χ2n) is 3.27. The molecule has 80 valence electrons. The molecule has 1 aromatic heterocycles. The van der Waals surface area contributed by atoms with Crippen molar-refractivity contribution >= 4 is 11.4 Å². The van der Waals surface area contributed by atoms with Crippen molar-refractivity contribution in [2.75, 3.05) is 5.73 Å². The number of benzene rings is 1. The van der Waals surface area contributed by atoms with Crippen LogP contribution in [0.15, 0.2) is 42.7 Å². The molecule has 2 aromatic rings. The summed E-state index contributed by atoms with van der Waals surface area (Å²) in [6, 6.07) is 7.97. The van der Waals surface area contributed by atoms with E-state index < -0.39 is 4.92 Å². The monoisotopic (exact) mass is 215 g/mol. The predicted molar refractivity (Wildman–Crippen MR) is 60.7 cm³/mol. The average Bonchev–Trinajstić information content (AvgIpc) is 2.30. The minimum absolute atomic E-state index is 0.0424. The van der Waals surface area contributed by atoms with E-state index in [-0.39, 0.29) is 5.69 Å². The molecule has 0 amide bonds. The zero-order valence-electron chi connectivity index (χ0n) is 8.33. The van der Waals surface area contributed by atoms with Crippen LogP contribution in [0.1, 0.15) is 0 Å². The quantitative estimate of drug-likeness (QED) is 0.615. The van der Waals surface area contributed by atoms with Crippen molar-refractivity contribution in [1.29, 1.82) is 0 Å². The Morgan fingerprint density at radius 1 is 1.31 bits per heavy atom. The molecule has 5 heteroatoms. The Morgan fingerprint density at radius 2 is 2.12 bits per heavy atom. The molecule has 5 nitrogen and oxygen atoms in total. The maximum Gasteiger partial charge on any atom is 0.270 e. The van der Waals surface area contributed by atoms with E-state index in [1.54, 1.807) is 30.6 Å². The van der Waals surface area contributed by atoms with Gasteiger partial charge in [-0.05, 0) is 11.6 Å². The lowest BCUT2D eigenvalue weighted by atomic mass is 10.1. The number of hydrogen-bond acceptors (Lipinski definition) is 4. The largest absolute Gasteiger partial charge is 0.398 e. The van der Waals surface area contributed by atoms with Crippen molar-refractivity contribution in [3.8, 4) is 11.1 Å². The van der Waals surface area contributed by atoms with E-state index in [1.165, 1.54) is 12.1 Å². The number of pyridine rings is 1. The molecule has 0 saturated carbocycles. The fraction of sp³-hybridized carbons (Fsp3) is 0. The predicted octanol–water partition coefficient (Wildman–Crippen LogP) is 2.24. The molecule has 0 aliphatic carbocycles. The molecule has 2 rings (SSSR count). The zero-order chi connectivity index (χ0) is 11.5. The van der Waals surface area contributed by atoms with Crippen LogP contribution in [0.3, 0.4) is 0 Å². The summed E-state index contributed by atoms with van der Waals surface area (Å²) in [6.07, 6.45) is 3.17. The molecule has 1 aromatic carbocycles. The summed E-state index contributed by atoms with van der Waals surface area (Å²) in [5.74, 6) is 0. The van der Waals surface area contributed by atoms with E-state index in [0.29, 0.717) is 16.8 Å². The summed E-state index contributed by atoms with van der Waals surface area (Å²) in [5, 5.41) is 10.6. The number of rotatable bonds is 2. The Hall–Kier alpha value is -2.43. The number of anilines is 1. The fourth-order valence-electron chi connectivity index (χ4n) is 1.43. The first-order valence-electron chi connectivity index (χ1n) is 4.63. The van der Waals surface area contributed by atoms with E-state index in [2.05, 4.69) is 4.98 Å². The number of nitrogen functional groups attached to an aromatic ring is 1. The average molecular weight is 215 g/mol. The third kappa shape index (κ3) is 1.83. The lowest BCUT2D eigenvalue weighted by molar-refractivity contribution is -0.384. The van der Waals surface area contributed by atoms with Crippen LogP contribution in [0.5, 0.6) is 0 Å². The topological polar surface area (TPSA) is 82.0 Å². The molecule has 16 heavy (non-hydrogen) atoms.